The summed E-state index contributed by atoms with van der Waals surface area (Å²) in [5.41, 5.74) is 0. The van der Waals surface area contributed by atoms with Crippen LogP contribution in [0.1, 0.15) is 19.3 Å². The van der Waals surface area contributed by atoms with Crippen LogP contribution in [0.15, 0.2) is 42.6 Å². The zero-order valence-electron chi connectivity index (χ0n) is 13.9. The first-order valence-electron chi connectivity index (χ1n) is 8.42. The number of aromatic nitrogens is 2. The molecule has 0 bridgehead atoms. The van der Waals surface area contributed by atoms with E-state index in [-0.39, 0.29) is 30.7 Å². The van der Waals surface area contributed by atoms with Gasteiger partial charge in [-0.3, -0.25) is 4.79 Å². The molecule has 1 atom stereocenters. The van der Waals surface area contributed by atoms with Crippen molar-refractivity contribution in [3.8, 4) is 5.75 Å². The van der Waals surface area contributed by atoms with E-state index in [2.05, 4.69) is 20.4 Å². The summed E-state index contributed by atoms with van der Waals surface area (Å²) >= 11 is 0. The number of hydrogen-bond acceptors (Lipinski definition) is 5. The number of rotatable bonds is 6. The van der Waals surface area contributed by atoms with Crippen molar-refractivity contribution in [3.63, 3.8) is 0 Å². The molecule has 6 nitrogen and oxygen atoms in total. The number of nitrogens with zero attached hydrogens (tertiary/aromatic N) is 3. The molecule has 1 aromatic carbocycles. The maximum Gasteiger partial charge on any atom is 0.223 e. The van der Waals surface area contributed by atoms with E-state index in [0.717, 1.165) is 25.2 Å². The Hall–Kier alpha value is -2.70. The lowest BCUT2D eigenvalue weighted by Crippen LogP contribution is -2.48. The molecule has 3 rings (SSSR count). The normalized spacial score (nSPS) is 17.2. The van der Waals surface area contributed by atoms with Gasteiger partial charge in [0.25, 0.3) is 0 Å². The lowest BCUT2D eigenvalue weighted by molar-refractivity contribution is -0.122. The second kappa shape index (κ2) is 8.41. The van der Waals surface area contributed by atoms with Crippen LogP contribution in [0, 0.1) is 5.82 Å². The van der Waals surface area contributed by atoms with Gasteiger partial charge in [0, 0.05) is 25.3 Å². The van der Waals surface area contributed by atoms with Crippen molar-refractivity contribution in [1.82, 2.24) is 15.5 Å². The summed E-state index contributed by atoms with van der Waals surface area (Å²) in [6.45, 7) is 1.76. The SMILES string of the molecule is O=C(CCOc1ccccc1F)N[C@@H]1CCCN(c2cccnn2)C1. The highest BCUT2D eigenvalue weighted by molar-refractivity contribution is 5.76. The maximum absolute atomic E-state index is 13.4. The average Bonchev–Trinajstić information content (AvgIpc) is 2.64. The van der Waals surface area contributed by atoms with Crippen LogP contribution in [0.4, 0.5) is 10.2 Å². The van der Waals surface area contributed by atoms with Crippen molar-refractivity contribution in [2.75, 3.05) is 24.6 Å². The van der Waals surface area contributed by atoms with Gasteiger partial charge in [-0.2, -0.15) is 5.10 Å². The van der Waals surface area contributed by atoms with Gasteiger partial charge < -0.3 is 15.0 Å². The van der Waals surface area contributed by atoms with Crippen molar-refractivity contribution in [2.24, 2.45) is 0 Å². The van der Waals surface area contributed by atoms with Gasteiger partial charge in [0.2, 0.25) is 5.91 Å². The second-order valence-electron chi connectivity index (χ2n) is 5.96. The van der Waals surface area contributed by atoms with Crippen LogP contribution in [0.3, 0.4) is 0 Å². The number of nitrogens with one attached hydrogen (secondary N) is 1. The molecule has 132 valence electrons. The van der Waals surface area contributed by atoms with E-state index in [0.29, 0.717) is 6.54 Å². The number of benzene rings is 1. The molecule has 1 aliphatic rings. The monoisotopic (exact) mass is 344 g/mol. The number of para-hydroxylation sites is 1. The molecule has 0 radical (unpaired) electrons. The lowest BCUT2D eigenvalue weighted by atomic mass is 10.1. The minimum Gasteiger partial charge on any atom is -0.490 e. The van der Waals surface area contributed by atoms with Gasteiger partial charge in [-0.15, -0.1) is 5.10 Å². The molecule has 1 aliphatic heterocycles. The molecule has 0 unspecified atom stereocenters. The van der Waals surface area contributed by atoms with Crippen LogP contribution in [-0.4, -0.2) is 41.8 Å². The molecule has 7 heteroatoms. The summed E-state index contributed by atoms with van der Waals surface area (Å²) in [7, 11) is 0. The van der Waals surface area contributed by atoms with Crippen LogP contribution in [0.25, 0.3) is 0 Å². The van der Waals surface area contributed by atoms with Gasteiger partial charge in [0.1, 0.15) is 0 Å². The third kappa shape index (κ3) is 4.89. The number of anilines is 1. The van der Waals surface area contributed by atoms with E-state index in [4.69, 9.17) is 4.74 Å². The highest BCUT2D eigenvalue weighted by Gasteiger charge is 2.22. The number of carbonyl (C=O) groups is 1. The minimum atomic E-state index is -0.421. The van der Waals surface area contributed by atoms with E-state index in [9.17, 15) is 9.18 Å². The molecule has 1 aromatic heterocycles. The van der Waals surface area contributed by atoms with E-state index in [1.807, 2.05) is 12.1 Å². The van der Waals surface area contributed by atoms with Crippen LogP contribution < -0.4 is 15.0 Å². The third-order valence-corrected chi connectivity index (χ3v) is 4.09. The maximum atomic E-state index is 13.4. The zero-order chi connectivity index (χ0) is 17.5. The topological polar surface area (TPSA) is 67.3 Å². The molecule has 0 spiro atoms. The third-order valence-electron chi connectivity index (χ3n) is 4.09. The Balaban J connectivity index is 1.44. The quantitative estimate of drug-likeness (QED) is 0.870. The van der Waals surface area contributed by atoms with Crippen molar-refractivity contribution >= 4 is 11.7 Å². The van der Waals surface area contributed by atoms with Crippen LogP contribution in [0.5, 0.6) is 5.75 Å². The van der Waals surface area contributed by atoms with Gasteiger partial charge >= 0.3 is 0 Å². The zero-order valence-corrected chi connectivity index (χ0v) is 13.9. The lowest BCUT2D eigenvalue weighted by Gasteiger charge is -2.33. The fourth-order valence-electron chi connectivity index (χ4n) is 2.88. The Morgan fingerprint density at radius 3 is 3.00 bits per heavy atom. The fraction of sp³-hybridized carbons (Fsp3) is 0.389. The van der Waals surface area contributed by atoms with Crippen molar-refractivity contribution in [2.45, 2.75) is 25.3 Å². The number of carbonyl (C=O) groups excluding carboxylic acids is 1. The van der Waals surface area contributed by atoms with Crippen LogP contribution >= 0.6 is 0 Å². The average molecular weight is 344 g/mol. The molecule has 0 saturated carbocycles. The first kappa shape index (κ1) is 17.1. The molecule has 2 aromatic rings. The summed E-state index contributed by atoms with van der Waals surface area (Å²) in [6.07, 6.45) is 3.74. The molecule has 1 N–H and O–H groups in total. The first-order chi connectivity index (χ1) is 12.2. The highest BCUT2D eigenvalue weighted by atomic mass is 19.1. The molecule has 1 fully saturated rings. The summed E-state index contributed by atoms with van der Waals surface area (Å²) in [5.74, 6) is 0.475. The van der Waals surface area contributed by atoms with Crippen molar-refractivity contribution < 1.29 is 13.9 Å². The first-order valence-corrected chi connectivity index (χ1v) is 8.42. The van der Waals surface area contributed by atoms with Gasteiger partial charge in [-0.05, 0) is 37.1 Å². The standard InChI is InChI=1S/C18H21FN4O2/c19-15-6-1-2-7-16(15)25-12-9-18(24)21-14-5-4-11-23(13-14)17-8-3-10-20-22-17/h1-3,6-8,10,14H,4-5,9,11-13H2,(H,21,24)/t14-/m1/s1. The molecule has 1 amide bonds. The summed E-state index contributed by atoms with van der Waals surface area (Å²) < 4.78 is 18.8. The van der Waals surface area contributed by atoms with Crippen molar-refractivity contribution in [3.05, 3.63) is 48.4 Å². The Morgan fingerprint density at radius 1 is 1.32 bits per heavy atom. The predicted molar refractivity (Wildman–Crippen MR) is 91.9 cm³/mol. The molecule has 2 heterocycles. The number of amides is 1. The largest absolute Gasteiger partial charge is 0.490 e. The van der Waals surface area contributed by atoms with E-state index < -0.39 is 5.82 Å². The molecular weight excluding hydrogens is 323 g/mol. The Bertz CT molecular complexity index is 698. The predicted octanol–water partition coefficient (Wildman–Crippen LogP) is 2.17. The van der Waals surface area contributed by atoms with E-state index in [1.165, 1.54) is 6.07 Å². The second-order valence-corrected chi connectivity index (χ2v) is 5.96. The fourth-order valence-corrected chi connectivity index (χ4v) is 2.88. The number of hydrogen-bond donors (Lipinski definition) is 1. The van der Waals surface area contributed by atoms with E-state index in [1.54, 1.807) is 24.4 Å². The number of piperidine rings is 1. The molecule has 25 heavy (non-hydrogen) atoms. The Labute approximate surface area is 146 Å². The van der Waals surface area contributed by atoms with Crippen LogP contribution in [0.2, 0.25) is 0 Å². The Morgan fingerprint density at radius 2 is 2.20 bits per heavy atom. The van der Waals surface area contributed by atoms with E-state index >= 15 is 0 Å². The number of ether oxygens (including phenoxy) is 1. The van der Waals surface area contributed by atoms with Gasteiger partial charge in [0.15, 0.2) is 17.4 Å². The van der Waals surface area contributed by atoms with Gasteiger partial charge in [-0.1, -0.05) is 12.1 Å². The highest BCUT2D eigenvalue weighted by Crippen LogP contribution is 2.17. The minimum absolute atomic E-state index is 0.0664. The Kier molecular flexibility index (Phi) is 5.77. The summed E-state index contributed by atoms with van der Waals surface area (Å²) in [4.78, 5) is 14.2. The van der Waals surface area contributed by atoms with Crippen molar-refractivity contribution in [1.29, 1.82) is 0 Å². The van der Waals surface area contributed by atoms with Gasteiger partial charge in [0.05, 0.1) is 13.0 Å². The summed E-state index contributed by atoms with van der Waals surface area (Å²) in [5, 5.41) is 11.0. The number of halogens is 1. The summed E-state index contributed by atoms with van der Waals surface area (Å²) in [6, 6.07) is 10.0. The smallest absolute Gasteiger partial charge is 0.223 e. The molecule has 0 aliphatic carbocycles. The molecular formula is C18H21FN4O2. The van der Waals surface area contributed by atoms with Crippen LogP contribution in [-0.2, 0) is 4.79 Å². The molecule has 1 saturated heterocycles. The van der Waals surface area contributed by atoms with Gasteiger partial charge in [-0.25, -0.2) is 4.39 Å².